The zero-order chi connectivity index (χ0) is 14.0. The first-order valence-electron chi connectivity index (χ1n) is 5.25. The van der Waals surface area contributed by atoms with E-state index >= 15 is 0 Å². The van der Waals surface area contributed by atoms with Crippen molar-refractivity contribution in [2.24, 2.45) is 0 Å². The van der Waals surface area contributed by atoms with Crippen LogP contribution in [0.5, 0.6) is 0 Å². The number of carboxylic acid groups (broad SMARTS) is 1. The van der Waals surface area contributed by atoms with Crippen molar-refractivity contribution in [1.29, 1.82) is 0 Å². The highest BCUT2D eigenvalue weighted by Crippen LogP contribution is 1.73. The van der Waals surface area contributed by atoms with Crippen molar-refractivity contribution in [1.82, 2.24) is 16.0 Å². The van der Waals surface area contributed by atoms with Crippen molar-refractivity contribution in [3.05, 3.63) is 0 Å². The number of quaternary nitrogens is 1. The standard InChI is InChI=1S/C9H16N4O5/c10-3-6(14)12-5-8(16)13-4-7(15)11-2-1-9(17)18/h1-5,10H2,(H,11,15)(H,12,14)(H,13,16)(H,17,18). The van der Waals surface area contributed by atoms with Gasteiger partial charge in [-0.3, -0.25) is 14.4 Å². The molecule has 0 fully saturated rings. The first-order chi connectivity index (χ1) is 8.45. The number of carboxylic acids is 1. The summed E-state index contributed by atoms with van der Waals surface area (Å²) in [5.74, 6) is -2.68. The molecule has 0 spiro atoms. The van der Waals surface area contributed by atoms with Gasteiger partial charge in [0.1, 0.15) is 0 Å². The van der Waals surface area contributed by atoms with Gasteiger partial charge >= 0.3 is 0 Å². The van der Waals surface area contributed by atoms with Crippen LogP contribution in [0.15, 0.2) is 0 Å². The highest BCUT2D eigenvalue weighted by Gasteiger charge is 2.06. The van der Waals surface area contributed by atoms with Crippen molar-refractivity contribution in [2.75, 3.05) is 26.2 Å². The third-order valence-corrected chi connectivity index (χ3v) is 1.77. The monoisotopic (exact) mass is 260 g/mol. The minimum Gasteiger partial charge on any atom is -0.550 e. The molecule has 0 aromatic carbocycles. The first kappa shape index (κ1) is 15.8. The molecule has 6 N–H and O–H groups in total. The average molecular weight is 260 g/mol. The minimum atomic E-state index is -1.27. The van der Waals surface area contributed by atoms with Crippen molar-refractivity contribution in [3.63, 3.8) is 0 Å². The molecule has 0 saturated carbocycles. The highest BCUT2D eigenvalue weighted by atomic mass is 16.4. The molecule has 0 bridgehead atoms. The van der Waals surface area contributed by atoms with Gasteiger partial charge in [-0.05, 0) is 0 Å². The second-order valence-corrected chi connectivity index (χ2v) is 3.28. The molecule has 0 aromatic rings. The Labute approximate surface area is 103 Å². The summed E-state index contributed by atoms with van der Waals surface area (Å²) in [6.45, 7) is -0.556. The van der Waals surface area contributed by atoms with E-state index in [1.165, 1.54) is 0 Å². The third-order valence-electron chi connectivity index (χ3n) is 1.77. The second-order valence-electron chi connectivity index (χ2n) is 3.28. The molecule has 9 nitrogen and oxygen atoms in total. The maximum Gasteiger partial charge on any atom is 0.275 e. The Morgan fingerprint density at radius 1 is 0.889 bits per heavy atom. The number of rotatable bonds is 8. The Morgan fingerprint density at radius 3 is 1.89 bits per heavy atom. The number of carbonyl (C=O) groups is 4. The topological polar surface area (TPSA) is 155 Å². The summed E-state index contributed by atoms with van der Waals surface area (Å²) in [6, 6.07) is 0. The summed E-state index contributed by atoms with van der Waals surface area (Å²) in [6.07, 6.45) is -0.292. The Bertz CT molecular complexity index is 331. The Balaban J connectivity index is 3.62. The van der Waals surface area contributed by atoms with Gasteiger partial charge in [-0.2, -0.15) is 0 Å². The summed E-state index contributed by atoms with van der Waals surface area (Å²) in [5, 5.41) is 16.9. The highest BCUT2D eigenvalue weighted by molar-refractivity contribution is 5.88. The summed E-state index contributed by atoms with van der Waals surface area (Å²) in [7, 11) is 0. The zero-order valence-corrected chi connectivity index (χ0v) is 9.78. The van der Waals surface area contributed by atoms with Crippen LogP contribution in [0, 0.1) is 0 Å². The number of carbonyl (C=O) groups excluding carboxylic acids is 4. The SMILES string of the molecule is [NH3+]CC(=O)NCC(=O)NCC(=O)NCCC(=O)[O-]. The molecule has 0 aliphatic carbocycles. The van der Waals surface area contributed by atoms with Crippen molar-refractivity contribution in [2.45, 2.75) is 6.42 Å². The summed E-state index contributed by atoms with van der Waals surface area (Å²) in [5.41, 5.74) is 3.32. The zero-order valence-electron chi connectivity index (χ0n) is 9.78. The van der Waals surface area contributed by atoms with Crippen LogP contribution in [-0.4, -0.2) is 49.9 Å². The second kappa shape index (κ2) is 8.93. The fourth-order valence-electron chi connectivity index (χ4n) is 0.875. The molecule has 102 valence electrons. The van der Waals surface area contributed by atoms with E-state index in [-0.39, 0.29) is 38.5 Å². The summed E-state index contributed by atoms with van der Waals surface area (Å²) >= 11 is 0. The molecule has 9 heteroatoms. The van der Waals surface area contributed by atoms with E-state index in [1.807, 2.05) is 0 Å². The predicted octanol–water partition coefficient (Wildman–Crippen LogP) is -5.28. The molecule has 0 aliphatic heterocycles. The lowest BCUT2D eigenvalue weighted by molar-refractivity contribution is -0.355. The van der Waals surface area contributed by atoms with Gasteiger partial charge < -0.3 is 31.6 Å². The van der Waals surface area contributed by atoms with Crippen LogP contribution in [0.4, 0.5) is 0 Å². The lowest BCUT2D eigenvalue weighted by Gasteiger charge is -2.07. The Morgan fingerprint density at radius 2 is 1.39 bits per heavy atom. The molecule has 0 aromatic heterocycles. The van der Waals surface area contributed by atoms with Gasteiger partial charge in [-0.1, -0.05) is 0 Å². The van der Waals surface area contributed by atoms with Gasteiger partial charge in [0.2, 0.25) is 11.8 Å². The van der Waals surface area contributed by atoms with E-state index < -0.39 is 17.8 Å². The summed E-state index contributed by atoms with van der Waals surface area (Å²) < 4.78 is 0. The van der Waals surface area contributed by atoms with E-state index in [9.17, 15) is 24.3 Å². The van der Waals surface area contributed by atoms with E-state index in [2.05, 4.69) is 21.7 Å². The molecule has 0 unspecified atom stereocenters. The van der Waals surface area contributed by atoms with E-state index in [4.69, 9.17) is 0 Å². The smallest absolute Gasteiger partial charge is 0.275 e. The quantitative estimate of drug-likeness (QED) is 0.343. The molecule has 0 aliphatic rings. The number of amides is 3. The number of hydrogen-bond acceptors (Lipinski definition) is 5. The first-order valence-corrected chi connectivity index (χ1v) is 5.25. The lowest BCUT2D eigenvalue weighted by atomic mass is 10.4. The Hall–Kier alpha value is -2.16. The lowest BCUT2D eigenvalue weighted by Crippen LogP contribution is -2.58. The molecule has 0 rings (SSSR count). The molecule has 18 heavy (non-hydrogen) atoms. The van der Waals surface area contributed by atoms with Crippen LogP contribution in [0.3, 0.4) is 0 Å². The van der Waals surface area contributed by atoms with Gasteiger partial charge in [-0.15, -0.1) is 0 Å². The third kappa shape index (κ3) is 9.09. The maximum atomic E-state index is 11.1. The molecular formula is C9H16N4O5. The van der Waals surface area contributed by atoms with Gasteiger partial charge in [0.25, 0.3) is 5.91 Å². The molecule has 0 saturated heterocycles. The molecular weight excluding hydrogens is 244 g/mol. The minimum absolute atomic E-state index is 0.0248. The average Bonchev–Trinajstić information content (AvgIpc) is 2.32. The Kier molecular flexibility index (Phi) is 7.86. The van der Waals surface area contributed by atoms with Gasteiger partial charge in [0, 0.05) is 18.9 Å². The van der Waals surface area contributed by atoms with E-state index in [0.717, 1.165) is 0 Å². The van der Waals surface area contributed by atoms with Gasteiger partial charge in [0.15, 0.2) is 6.54 Å². The number of nitrogens with one attached hydrogen (secondary N) is 3. The van der Waals surface area contributed by atoms with E-state index in [0.29, 0.717) is 0 Å². The largest absolute Gasteiger partial charge is 0.550 e. The molecule has 3 amide bonds. The van der Waals surface area contributed by atoms with Crippen molar-refractivity contribution < 1.29 is 30.0 Å². The maximum absolute atomic E-state index is 11.1. The number of hydrogen-bond donors (Lipinski definition) is 4. The normalized spacial score (nSPS) is 9.39. The van der Waals surface area contributed by atoms with Gasteiger partial charge in [0.05, 0.1) is 13.1 Å². The predicted molar refractivity (Wildman–Crippen MR) is 56.4 cm³/mol. The van der Waals surface area contributed by atoms with Crippen molar-refractivity contribution >= 4 is 23.7 Å². The van der Waals surface area contributed by atoms with Crippen LogP contribution in [-0.2, 0) is 19.2 Å². The fraction of sp³-hybridized carbons (Fsp3) is 0.556. The molecule has 0 heterocycles. The molecule has 0 radical (unpaired) electrons. The van der Waals surface area contributed by atoms with E-state index in [1.54, 1.807) is 0 Å². The van der Waals surface area contributed by atoms with Crippen LogP contribution >= 0.6 is 0 Å². The van der Waals surface area contributed by atoms with Crippen LogP contribution in [0.1, 0.15) is 6.42 Å². The fourth-order valence-corrected chi connectivity index (χ4v) is 0.875. The van der Waals surface area contributed by atoms with Crippen molar-refractivity contribution in [3.8, 4) is 0 Å². The van der Waals surface area contributed by atoms with Crippen LogP contribution in [0.25, 0.3) is 0 Å². The molecule has 0 atom stereocenters. The van der Waals surface area contributed by atoms with Gasteiger partial charge in [-0.25, -0.2) is 0 Å². The number of aliphatic carboxylic acids is 1. The van der Waals surface area contributed by atoms with Crippen LogP contribution < -0.4 is 26.8 Å². The summed E-state index contributed by atoms with van der Waals surface area (Å²) in [4.78, 5) is 43.0. The van der Waals surface area contributed by atoms with Crippen LogP contribution in [0.2, 0.25) is 0 Å².